The van der Waals surface area contributed by atoms with Gasteiger partial charge in [0.1, 0.15) is 0 Å². The van der Waals surface area contributed by atoms with Gasteiger partial charge in [0.05, 0.1) is 25.4 Å². The first kappa shape index (κ1) is 8.97. The molecule has 1 heterocycles. The monoisotopic (exact) mass is 159 g/mol. The second-order valence-electron chi connectivity index (χ2n) is 3.43. The first-order valence-electron chi connectivity index (χ1n) is 4.10. The third-order valence-corrected chi connectivity index (χ3v) is 2.36. The molecule has 0 saturated carbocycles. The minimum Gasteiger partial charge on any atom is -0.389 e. The zero-order chi connectivity index (χ0) is 8.43. The smallest absolute Gasteiger partial charge is 0.0950 e. The number of rotatable bonds is 2. The largest absolute Gasteiger partial charge is 0.389 e. The van der Waals surface area contributed by atoms with Crippen LogP contribution in [0.5, 0.6) is 0 Å². The van der Waals surface area contributed by atoms with Crippen molar-refractivity contribution in [1.29, 1.82) is 0 Å². The molecule has 3 heteroatoms. The summed E-state index contributed by atoms with van der Waals surface area (Å²) in [6.45, 7) is 5.38. The van der Waals surface area contributed by atoms with Crippen LogP contribution < -0.4 is 0 Å². The van der Waals surface area contributed by atoms with Crippen LogP contribution in [-0.4, -0.2) is 48.5 Å². The van der Waals surface area contributed by atoms with Crippen molar-refractivity contribution in [2.24, 2.45) is 0 Å². The van der Waals surface area contributed by atoms with E-state index >= 15 is 0 Å². The maximum absolute atomic E-state index is 9.44. The number of aliphatic hydroxyl groups is 1. The number of ether oxygens (including phenoxy) is 1. The molecule has 0 bridgehead atoms. The Morgan fingerprint density at radius 2 is 2.09 bits per heavy atom. The van der Waals surface area contributed by atoms with Crippen LogP contribution >= 0.6 is 0 Å². The lowest BCUT2D eigenvalue weighted by atomic mass is 10.1. The van der Waals surface area contributed by atoms with Gasteiger partial charge in [-0.3, -0.25) is 4.90 Å². The van der Waals surface area contributed by atoms with Crippen molar-refractivity contribution in [1.82, 2.24) is 4.90 Å². The summed E-state index contributed by atoms with van der Waals surface area (Å²) in [7, 11) is 2.02. The number of nitrogens with zero attached hydrogens (tertiary/aromatic N) is 1. The number of hydrogen-bond acceptors (Lipinski definition) is 3. The highest BCUT2D eigenvalue weighted by Gasteiger charge is 2.30. The van der Waals surface area contributed by atoms with Crippen molar-refractivity contribution >= 4 is 0 Å². The average molecular weight is 159 g/mol. The third kappa shape index (κ3) is 1.92. The summed E-state index contributed by atoms with van der Waals surface area (Å²) in [6, 6.07) is 0.659. The van der Waals surface area contributed by atoms with Gasteiger partial charge in [-0.05, 0) is 20.9 Å². The first-order chi connectivity index (χ1) is 5.13. The van der Waals surface area contributed by atoms with Crippen molar-refractivity contribution in [3.05, 3.63) is 0 Å². The minimum absolute atomic E-state index is 0.190. The fraction of sp³-hybridized carbons (Fsp3) is 1.00. The molecule has 11 heavy (non-hydrogen) atoms. The Morgan fingerprint density at radius 1 is 1.45 bits per heavy atom. The first-order valence-corrected chi connectivity index (χ1v) is 4.10. The highest BCUT2D eigenvalue weighted by molar-refractivity contribution is 4.83. The van der Waals surface area contributed by atoms with Crippen LogP contribution in [0.1, 0.15) is 13.8 Å². The van der Waals surface area contributed by atoms with Gasteiger partial charge in [-0.25, -0.2) is 0 Å². The summed E-state index contributed by atoms with van der Waals surface area (Å²) in [5.74, 6) is 0. The van der Waals surface area contributed by atoms with E-state index in [1.807, 2.05) is 7.05 Å². The summed E-state index contributed by atoms with van der Waals surface area (Å²) in [6.07, 6.45) is -0.303. The SMILES string of the molecule is CC(C)N(C)C1COCC1O. The van der Waals surface area contributed by atoms with Gasteiger partial charge in [-0.2, -0.15) is 0 Å². The summed E-state index contributed by atoms with van der Waals surface area (Å²) in [4.78, 5) is 2.15. The lowest BCUT2D eigenvalue weighted by Gasteiger charge is -2.28. The molecular weight excluding hydrogens is 142 g/mol. The topological polar surface area (TPSA) is 32.7 Å². The van der Waals surface area contributed by atoms with Gasteiger partial charge in [0.2, 0.25) is 0 Å². The van der Waals surface area contributed by atoms with E-state index < -0.39 is 0 Å². The molecule has 1 fully saturated rings. The molecule has 0 amide bonds. The third-order valence-electron chi connectivity index (χ3n) is 2.36. The number of likely N-dealkylation sites (N-methyl/N-ethyl adjacent to an activating group) is 1. The Kier molecular flexibility index (Phi) is 2.87. The maximum atomic E-state index is 9.44. The van der Waals surface area contributed by atoms with Crippen molar-refractivity contribution in [3.63, 3.8) is 0 Å². The van der Waals surface area contributed by atoms with Crippen molar-refractivity contribution in [3.8, 4) is 0 Å². The fourth-order valence-corrected chi connectivity index (χ4v) is 1.30. The minimum atomic E-state index is -0.303. The van der Waals surface area contributed by atoms with E-state index in [0.29, 0.717) is 19.3 Å². The van der Waals surface area contributed by atoms with E-state index in [9.17, 15) is 5.11 Å². The second kappa shape index (κ2) is 3.52. The average Bonchev–Trinajstić information content (AvgIpc) is 2.33. The lowest BCUT2D eigenvalue weighted by Crippen LogP contribution is -2.44. The van der Waals surface area contributed by atoms with Crippen LogP contribution in [0.2, 0.25) is 0 Å². The van der Waals surface area contributed by atoms with E-state index in [-0.39, 0.29) is 12.1 Å². The van der Waals surface area contributed by atoms with Gasteiger partial charge in [0.25, 0.3) is 0 Å². The van der Waals surface area contributed by atoms with Crippen LogP contribution in [0.15, 0.2) is 0 Å². The van der Waals surface area contributed by atoms with Gasteiger partial charge in [0.15, 0.2) is 0 Å². The summed E-state index contributed by atoms with van der Waals surface area (Å²) in [5, 5.41) is 9.44. The normalized spacial score (nSPS) is 32.2. The van der Waals surface area contributed by atoms with E-state index in [4.69, 9.17) is 4.74 Å². The molecule has 1 N–H and O–H groups in total. The molecule has 0 aromatic heterocycles. The Hall–Kier alpha value is -0.120. The molecular formula is C8H17NO2. The highest BCUT2D eigenvalue weighted by Crippen LogP contribution is 2.13. The highest BCUT2D eigenvalue weighted by atomic mass is 16.5. The van der Waals surface area contributed by atoms with Crippen LogP contribution in [0, 0.1) is 0 Å². The molecule has 1 rings (SSSR count). The molecule has 66 valence electrons. The fourth-order valence-electron chi connectivity index (χ4n) is 1.30. The van der Waals surface area contributed by atoms with E-state index in [1.54, 1.807) is 0 Å². The van der Waals surface area contributed by atoms with Gasteiger partial charge >= 0.3 is 0 Å². The van der Waals surface area contributed by atoms with Crippen molar-refractivity contribution in [2.75, 3.05) is 20.3 Å². The van der Waals surface area contributed by atoms with Gasteiger partial charge in [0, 0.05) is 6.04 Å². The molecule has 0 aromatic carbocycles. The van der Waals surface area contributed by atoms with E-state index in [1.165, 1.54) is 0 Å². The quantitative estimate of drug-likeness (QED) is 0.619. The molecule has 1 aliphatic heterocycles. The molecule has 0 aromatic rings. The van der Waals surface area contributed by atoms with Crippen LogP contribution in [0.25, 0.3) is 0 Å². The van der Waals surface area contributed by atoms with Gasteiger partial charge < -0.3 is 9.84 Å². The van der Waals surface area contributed by atoms with Crippen molar-refractivity contribution in [2.45, 2.75) is 32.0 Å². The molecule has 0 spiro atoms. The summed E-state index contributed by atoms with van der Waals surface area (Å²) >= 11 is 0. The zero-order valence-corrected chi connectivity index (χ0v) is 7.45. The molecule has 0 aliphatic carbocycles. The van der Waals surface area contributed by atoms with E-state index in [0.717, 1.165) is 0 Å². The number of aliphatic hydroxyl groups excluding tert-OH is 1. The maximum Gasteiger partial charge on any atom is 0.0950 e. The molecule has 2 unspecified atom stereocenters. The van der Waals surface area contributed by atoms with Crippen LogP contribution in [-0.2, 0) is 4.74 Å². The van der Waals surface area contributed by atoms with Gasteiger partial charge in [-0.1, -0.05) is 0 Å². The molecule has 1 saturated heterocycles. The zero-order valence-electron chi connectivity index (χ0n) is 7.45. The second-order valence-corrected chi connectivity index (χ2v) is 3.43. The van der Waals surface area contributed by atoms with Crippen LogP contribution in [0.3, 0.4) is 0 Å². The molecule has 1 aliphatic rings. The predicted molar refractivity (Wildman–Crippen MR) is 43.5 cm³/mol. The molecule has 3 nitrogen and oxygen atoms in total. The summed E-state index contributed by atoms with van der Waals surface area (Å²) in [5.41, 5.74) is 0. The predicted octanol–water partition coefficient (Wildman–Crippen LogP) is 0.0863. The summed E-state index contributed by atoms with van der Waals surface area (Å²) < 4.78 is 5.15. The standard InChI is InChI=1S/C8H17NO2/c1-6(2)9(3)7-4-11-5-8(7)10/h6-8,10H,4-5H2,1-3H3. The van der Waals surface area contributed by atoms with Crippen molar-refractivity contribution < 1.29 is 9.84 Å². The Morgan fingerprint density at radius 3 is 2.45 bits per heavy atom. The van der Waals surface area contributed by atoms with E-state index in [2.05, 4.69) is 18.7 Å². The number of hydrogen-bond donors (Lipinski definition) is 1. The lowest BCUT2D eigenvalue weighted by molar-refractivity contribution is 0.0813. The Balaban J connectivity index is 2.45. The van der Waals surface area contributed by atoms with Gasteiger partial charge in [-0.15, -0.1) is 0 Å². The van der Waals surface area contributed by atoms with Crippen LogP contribution in [0.4, 0.5) is 0 Å². The Bertz CT molecular complexity index is 127. The molecule has 2 atom stereocenters. The molecule has 0 radical (unpaired) electrons. The Labute approximate surface area is 68.0 Å².